The van der Waals surface area contributed by atoms with Crippen LogP contribution in [0.3, 0.4) is 0 Å². The quantitative estimate of drug-likeness (QED) is 0.722. The molecular formula is C16H15Cl2N5O. The normalized spacial score (nSPS) is 10.6. The highest BCUT2D eigenvalue weighted by molar-refractivity contribution is 6.42. The van der Waals surface area contributed by atoms with E-state index in [4.69, 9.17) is 27.9 Å². The number of benzene rings is 2. The molecule has 8 heteroatoms. The summed E-state index contributed by atoms with van der Waals surface area (Å²) in [6.07, 6.45) is 0. The number of nitrogens with zero attached hydrogens (tertiary/aromatic N) is 4. The van der Waals surface area contributed by atoms with Gasteiger partial charge in [-0.2, -0.15) is 0 Å². The van der Waals surface area contributed by atoms with E-state index < -0.39 is 0 Å². The van der Waals surface area contributed by atoms with Gasteiger partial charge in [-0.05, 0) is 34.2 Å². The van der Waals surface area contributed by atoms with Gasteiger partial charge in [0.1, 0.15) is 12.4 Å². The van der Waals surface area contributed by atoms with E-state index in [2.05, 4.69) is 20.8 Å². The van der Waals surface area contributed by atoms with Crippen molar-refractivity contribution in [3.05, 3.63) is 63.6 Å². The molecule has 0 saturated carbocycles. The molecule has 1 aromatic heterocycles. The predicted octanol–water partition coefficient (Wildman–Crippen LogP) is 3.71. The summed E-state index contributed by atoms with van der Waals surface area (Å²) in [7, 11) is 1.77. The Morgan fingerprint density at radius 3 is 2.71 bits per heavy atom. The first kappa shape index (κ1) is 16.5. The maximum Gasteiger partial charge on any atom is 0.242 e. The Bertz CT molecular complexity index is 837. The summed E-state index contributed by atoms with van der Waals surface area (Å²) >= 11 is 12.0. The van der Waals surface area contributed by atoms with E-state index in [0.29, 0.717) is 29.1 Å². The number of halogens is 2. The summed E-state index contributed by atoms with van der Waals surface area (Å²) in [6.45, 7) is 0.950. The van der Waals surface area contributed by atoms with Crippen LogP contribution in [-0.2, 0) is 20.2 Å². The molecule has 0 saturated heterocycles. The molecule has 0 atom stereocenters. The Morgan fingerprint density at radius 2 is 1.96 bits per heavy atom. The van der Waals surface area contributed by atoms with Gasteiger partial charge in [-0.15, -0.1) is 0 Å². The van der Waals surface area contributed by atoms with E-state index in [-0.39, 0.29) is 0 Å². The first-order valence-corrected chi connectivity index (χ1v) is 8.00. The van der Waals surface area contributed by atoms with Crippen LogP contribution in [0.1, 0.15) is 11.1 Å². The molecule has 1 heterocycles. The topological polar surface area (TPSA) is 64.9 Å². The van der Waals surface area contributed by atoms with E-state index in [1.54, 1.807) is 23.9 Å². The lowest BCUT2D eigenvalue weighted by Gasteiger charge is -2.12. The minimum absolute atomic E-state index is 0.402. The minimum atomic E-state index is 0.402. The van der Waals surface area contributed by atoms with E-state index in [9.17, 15) is 0 Å². The maximum absolute atomic E-state index is 6.03. The third-order valence-corrected chi connectivity index (χ3v) is 4.15. The molecule has 3 aromatic rings. The lowest BCUT2D eigenvalue weighted by molar-refractivity contribution is 0.303. The molecule has 3 rings (SSSR count). The summed E-state index contributed by atoms with van der Waals surface area (Å²) in [5, 5.41) is 15.5. The van der Waals surface area contributed by atoms with E-state index in [0.717, 1.165) is 16.9 Å². The average molecular weight is 364 g/mol. The van der Waals surface area contributed by atoms with Crippen molar-refractivity contribution < 1.29 is 4.74 Å². The predicted molar refractivity (Wildman–Crippen MR) is 93.4 cm³/mol. The van der Waals surface area contributed by atoms with Crippen LogP contribution in [0.25, 0.3) is 0 Å². The Balaban J connectivity index is 1.67. The van der Waals surface area contributed by atoms with Crippen molar-refractivity contribution in [2.75, 3.05) is 5.32 Å². The molecular weight excluding hydrogens is 349 g/mol. The van der Waals surface area contributed by atoms with Crippen LogP contribution in [0.2, 0.25) is 10.0 Å². The Kier molecular flexibility index (Phi) is 5.17. The van der Waals surface area contributed by atoms with Crippen LogP contribution in [0.15, 0.2) is 42.5 Å². The fourth-order valence-electron chi connectivity index (χ4n) is 2.13. The highest BCUT2D eigenvalue weighted by atomic mass is 35.5. The first-order chi connectivity index (χ1) is 11.6. The molecule has 0 bridgehead atoms. The number of nitrogens with one attached hydrogen (secondary N) is 1. The number of hydrogen-bond donors (Lipinski definition) is 1. The van der Waals surface area contributed by atoms with Crippen LogP contribution in [-0.4, -0.2) is 20.2 Å². The lowest BCUT2D eigenvalue weighted by atomic mass is 10.2. The molecule has 0 unspecified atom stereocenters. The highest BCUT2D eigenvalue weighted by Crippen LogP contribution is 2.24. The number of aromatic nitrogens is 4. The van der Waals surface area contributed by atoms with Crippen LogP contribution in [0.4, 0.5) is 5.95 Å². The molecule has 124 valence electrons. The molecule has 24 heavy (non-hydrogen) atoms. The number of aryl methyl sites for hydroxylation is 1. The van der Waals surface area contributed by atoms with Gasteiger partial charge in [0.15, 0.2) is 0 Å². The second-order valence-electron chi connectivity index (χ2n) is 5.12. The van der Waals surface area contributed by atoms with Crippen molar-refractivity contribution in [3.8, 4) is 5.75 Å². The molecule has 0 spiro atoms. The van der Waals surface area contributed by atoms with Crippen LogP contribution in [0.5, 0.6) is 5.75 Å². The molecule has 0 fully saturated rings. The van der Waals surface area contributed by atoms with Crippen molar-refractivity contribution in [1.29, 1.82) is 0 Å². The smallest absolute Gasteiger partial charge is 0.242 e. The molecule has 0 aliphatic heterocycles. The average Bonchev–Trinajstić information content (AvgIpc) is 3.00. The van der Waals surface area contributed by atoms with Gasteiger partial charge in [-0.3, -0.25) is 0 Å². The summed E-state index contributed by atoms with van der Waals surface area (Å²) < 4.78 is 7.49. The lowest BCUT2D eigenvalue weighted by Crippen LogP contribution is -2.07. The number of ether oxygens (including phenoxy) is 1. The molecule has 6 nitrogen and oxygen atoms in total. The second kappa shape index (κ2) is 7.51. The van der Waals surface area contributed by atoms with Gasteiger partial charge in [0.05, 0.1) is 10.0 Å². The standard InChI is InChI=1S/C16H15Cl2N5O/c1-23-16(20-21-22-23)19-9-12-4-2-3-5-15(12)24-10-11-6-7-13(17)14(18)8-11/h2-8H,9-10H2,1H3,(H,19,20,22). The zero-order valence-electron chi connectivity index (χ0n) is 12.9. The zero-order valence-corrected chi connectivity index (χ0v) is 14.4. The molecule has 0 radical (unpaired) electrons. The van der Waals surface area contributed by atoms with Gasteiger partial charge >= 0.3 is 0 Å². The summed E-state index contributed by atoms with van der Waals surface area (Å²) in [4.78, 5) is 0. The van der Waals surface area contributed by atoms with Crippen molar-refractivity contribution >= 4 is 29.2 Å². The second-order valence-corrected chi connectivity index (χ2v) is 5.94. The minimum Gasteiger partial charge on any atom is -0.489 e. The van der Waals surface area contributed by atoms with Gasteiger partial charge in [0.25, 0.3) is 0 Å². The van der Waals surface area contributed by atoms with Crippen LogP contribution in [0, 0.1) is 0 Å². The van der Waals surface area contributed by atoms with Crippen molar-refractivity contribution in [3.63, 3.8) is 0 Å². The van der Waals surface area contributed by atoms with Crippen LogP contribution >= 0.6 is 23.2 Å². The SMILES string of the molecule is Cn1nnnc1NCc1ccccc1OCc1ccc(Cl)c(Cl)c1. The van der Waals surface area contributed by atoms with Crippen LogP contribution < -0.4 is 10.1 Å². The number of anilines is 1. The zero-order chi connectivity index (χ0) is 16.9. The monoisotopic (exact) mass is 363 g/mol. The molecule has 1 N–H and O–H groups in total. The number of rotatable bonds is 6. The Hall–Kier alpha value is -2.31. The largest absolute Gasteiger partial charge is 0.489 e. The van der Waals surface area contributed by atoms with Crippen molar-refractivity contribution in [1.82, 2.24) is 20.2 Å². The van der Waals surface area contributed by atoms with Gasteiger partial charge in [-0.25, -0.2) is 4.68 Å². The van der Waals surface area contributed by atoms with Crippen molar-refractivity contribution in [2.45, 2.75) is 13.2 Å². The number of tetrazole rings is 1. The maximum atomic E-state index is 6.03. The third kappa shape index (κ3) is 3.96. The molecule has 2 aromatic carbocycles. The number of hydrogen-bond acceptors (Lipinski definition) is 5. The van der Waals surface area contributed by atoms with Gasteiger partial charge in [0, 0.05) is 19.2 Å². The molecule has 0 aliphatic carbocycles. The third-order valence-electron chi connectivity index (χ3n) is 3.41. The van der Waals surface area contributed by atoms with E-state index in [1.807, 2.05) is 30.3 Å². The van der Waals surface area contributed by atoms with E-state index in [1.165, 1.54) is 0 Å². The van der Waals surface area contributed by atoms with Crippen molar-refractivity contribution in [2.24, 2.45) is 7.05 Å². The Labute approximate surface area is 149 Å². The highest BCUT2D eigenvalue weighted by Gasteiger charge is 2.07. The fraction of sp³-hybridized carbons (Fsp3) is 0.188. The molecule has 0 aliphatic rings. The number of para-hydroxylation sites is 1. The molecule has 0 amide bonds. The summed E-state index contributed by atoms with van der Waals surface area (Å²) in [6, 6.07) is 13.2. The summed E-state index contributed by atoms with van der Waals surface area (Å²) in [5.74, 6) is 1.38. The fourth-order valence-corrected chi connectivity index (χ4v) is 2.46. The first-order valence-electron chi connectivity index (χ1n) is 7.24. The summed E-state index contributed by atoms with van der Waals surface area (Å²) in [5.41, 5.74) is 1.95. The van der Waals surface area contributed by atoms with Gasteiger partial charge < -0.3 is 10.1 Å². The van der Waals surface area contributed by atoms with Gasteiger partial charge in [-0.1, -0.05) is 52.6 Å². The Morgan fingerprint density at radius 1 is 1.12 bits per heavy atom. The van der Waals surface area contributed by atoms with E-state index >= 15 is 0 Å². The van der Waals surface area contributed by atoms with Gasteiger partial charge in [0.2, 0.25) is 5.95 Å².